The van der Waals surface area contributed by atoms with Gasteiger partial charge >= 0.3 is 0 Å². The van der Waals surface area contributed by atoms with Crippen LogP contribution in [0.15, 0.2) is 59.3 Å². The molecule has 0 unspecified atom stereocenters. The van der Waals surface area contributed by atoms with Gasteiger partial charge in [0.05, 0.1) is 26.2 Å². The van der Waals surface area contributed by atoms with Crippen molar-refractivity contribution in [2.24, 2.45) is 0 Å². The van der Waals surface area contributed by atoms with Gasteiger partial charge < -0.3 is 14.1 Å². The molecular weight excluding hydrogens is 358 g/mol. The van der Waals surface area contributed by atoms with Gasteiger partial charge in [0.15, 0.2) is 0 Å². The van der Waals surface area contributed by atoms with Crippen molar-refractivity contribution in [1.29, 1.82) is 0 Å². The predicted octanol–water partition coefficient (Wildman–Crippen LogP) is 2.86. The fourth-order valence-electron chi connectivity index (χ4n) is 3.18. The minimum Gasteiger partial charge on any atom is -0.497 e. The molecule has 0 spiro atoms. The minimum atomic E-state index is -0.328. The van der Waals surface area contributed by atoms with Crippen LogP contribution in [0.2, 0.25) is 0 Å². The van der Waals surface area contributed by atoms with Gasteiger partial charge in [-0.1, -0.05) is 18.2 Å². The standard InChI is InChI=1S/C21H19N3O4/c1-27-15-6-7-17-14(12-28-19(17)10-15)9-21(26)24-23-20(25)8-13-11-22-18-5-3-2-4-16(13)18/h2-7,10-12,22H,8-9H2,1H3,(H,23,25)(H,24,26). The van der Waals surface area contributed by atoms with E-state index in [9.17, 15) is 9.59 Å². The molecule has 2 aromatic heterocycles. The van der Waals surface area contributed by atoms with Crippen LogP contribution in [0.3, 0.4) is 0 Å². The summed E-state index contributed by atoms with van der Waals surface area (Å²) in [6.07, 6.45) is 3.60. The van der Waals surface area contributed by atoms with Gasteiger partial charge in [-0.05, 0) is 23.8 Å². The van der Waals surface area contributed by atoms with Crippen LogP contribution >= 0.6 is 0 Å². The first-order chi connectivity index (χ1) is 13.6. The van der Waals surface area contributed by atoms with Crippen LogP contribution in [-0.4, -0.2) is 23.9 Å². The number of benzene rings is 2. The van der Waals surface area contributed by atoms with E-state index in [0.717, 1.165) is 27.4 Å². The molecule has 0 fully saturated rings. The highest BCUT2D eigenvalue weighted by atomic mass is 16.5. The molecule has 3 N–H and O–H groups in total. The van der Waals surface area contributed by atoms with E-state index in [1.807, 2.05) is 36.4 Å². The summed E-state index contributed by atoms with van der Waals surface area (Å²) >= 11 is 0. The van der Waals surface area contributed by atoms with Crippen LogP contribution in [0.1, 0.15) is 11.1 Å². The molecule has 4 rings (SSSR count). The van der Waals surface area contributed by atoms with Crippen molar-refractivity contribution in [2.45, 2.75) is 12.8 Å². The zero-order valence-electron chi connectivity index (χ0n) is 15.2. The fraction of sp³-hybridized carbons (Fsp3) is 0.143. The van der Waals surface area contributed by atoms with Crippen LogP contribution in [-0.2, 0) is 22.4 Å². The normalized spacial score (nSPS) is 10.9. The van der Waals surface area contributed by atoms with E-state index in [1.54, 1.807) is 19.4 Å². The lowest BCUT2D eigenvalue weighted by atomic mass is 10.1. The maximum atomic E-state index is 12.2. The number of rotatable bonds is 5. The predicted molar refractivity (Wildman–Crippen MR) is 105 cm³/mol. The number of hydrogen-bond donors (Lipinski definition) is 3. The second-order valence-electron chi connectivity index (χ2n) is 6.43. The third-order valence-corrected chi connectivity index (χ3v) is 4.58. The van der Waals surface area contributed by atoms with Crippen LogP contribution in [0.5, 0.6) is 5.75 Å². The number of H-pyrrole nitrogens is 1. The summed E-state index contributed by atoms with van der Waals surface area (Å²) in [6.45, 7) is 0. The molecule has 0 aliphatic heterocycles. The number of carbonyl (C=O) groups is 2. The Hall–Kier alpha value is -3.74. The lowest BCUT2D eigenvalue weighted by molar-refractivity contribution is -0.128. The molecule has 28 heavy (non-hydrogen) atoms. The monoisotopic (exact) mass is 377 g/mol. The zero-order valence-corrected chi connectivity index (χ0v) is 15.2. The summed E-state index contributed by atoms with van der Waals surface area (Å²) in [5.74, 6) is 0.0630. The van der Waals surface area contributed by atoms with Crippen molar-refractivity contribution in [2.75, 3.05) is 7.11 Å². The number of carbonyl (C=O) groups excluding carboxylic acids is 2. The first kappa shape index (κ1) is 17.7. The average Bonchev–Trinajstić information content (AvgIpc) is 3.30. The zero-order chi connectivity index (χ0) is 19.5. The molecule has 0 saturated carbocycles. The Labute approximate surface area is 160 Å². The van der Waals surface area contributed by atoms with Gasteiger partial charge in [0.25, 0.3) is 0 Å². The number of nitrogens with one attached hydrogen (secondary N) is 3. The van der Waals surface area contributed by atoms with E-state index in [1.165, 1.54) is 6.26 Å². The molecule has 142 valence electrons. The number of aromatic nitrogens is 1. The van der Waals surface area contributed by atoms with Crippen molar-refractivity contribution in [1.82, 2.24) is 15.8 Å². The average molecular weight is 377 g/mol. The molecule has 0 radical (unpaired) electrons. The third kappa shape index (κ3) is 3.55. The quantitative estimate of drug-likeness (QED) is 0.466. The summed E-state index contributed by atoms with van der Waals surface area (Å²) in [5.41, 5.74) is 8.14. The number of ether oxygens (including phenoxy) is 1. The van der Waals surface area contributed by atoms with E-state index in [4.69, 9.17) is 9.15 Å². The third-order valence-electron chi connectivity index (χ3n) is 4.58. The second-order valence-corrected chi connectivity index (χ2v) is 6.43. The summed E-state index contributed by atoms with van der Waals surface area (Å²) in [6, 6.07) is 13.2. The highest BCUT2D eigenvalue weighted by Crippen LogP contribution is 2.25. The number of hydrogen-bond acceptors (Lipinski definition) is 4. The van der Waals surface area contributed by atoms with E-state index in [-0.39, 0.29) is 24.7 Å². The number of amides is 2. The summed E-state index contributed by atoms with van der Waals surface area (Å²) < 4.78 is 10.6. The largest absolute Gasteiger partial charge is 0.497 e. The van der Waals surface area contributed by atoms with Crippen molar-refractivity contribution < 1.29 is 18.7 Å². The lowest BCUT2D eigenvalue weighted by Crippen LogP contribution is -2.43. The van der Waals surface area contributed by atoms with Gasteiger partial charge in [-0.25, -0.2) is 0 Å². The maximum Gasteiger partial charge on any atom is 0.242 e. The lowest BCUT2D eigenvalue weighted by Gasteiger charge is -2.07. The van der Waals surface area contributed by atoms with Gasteiger partial charge in [0.1, 0.15) is 11.3 Å². The smallest absolute Gasteiger partial charge is 0.242 e. The number of furan rings is 1. The van der Waals surface area contributed by atoms with E-state index >= 15 is 0 Å². The first-order valence-electron chi connectivity index (χ1n) is 8.81. The molecule has 2 heterocycles. The minimum absolute atomic E-state index is 0.0900. The molecule has 0 atom stereocenters. The van der Waals surface area contributed by atoms with Crippen LogP contribution in [0, 0.1) is 0 Å². The molecule has 0 bridgehead atoms. The van der Waals surface area contributed by atoms with Gasteiger partial charge in [0, 0.05) is 34.1 Å². The molecule has 0 aliphatic carbocycles. The van der Waals surface area contributed by atoms with Crippen molar-refractivity contribution in [3.8, 4) is 5.75 Å². The number of para-hydroxylation sites is 1. The number of hydrazine groups is 1. The van der Waals surface area contributed by atoms with Gasteiger partial charge in [0.2, 0.25) is 11.8 Å². The van der Waals surface area contributed by atoms with E-state index < -0.39 is 0 Å². The Bertz CT molecular complexity index is 1160. The Morgan fingerprint density at radius 3 is 2.54 bits per heavy atom. The molecule has 7 nitrogen and oxygen atoms in total. The molecular formula is C21H19N3O4. The molecule has 2 amide bonds. The number of aromatic amines is 1. The topological polar surface area (TPSA) is 96.4 Å². The molecule has 4 aromatic rings. The second kappa shape index (κ2) is 7.48. The van der Waals surface area contributed by atoms with Gasteiger partial charge in [-0.3, -0.25) is 20.4 Å². The highest BCUT2D eigenvalue weighted by Gasteiger charge is 2.13. The molecule has 0 aliphatic rings. The number of methoxy groups -OCH3 is 1. The molecule has 2 aromatic carbocycles. The SMILES string of the molecule is COc1ccc2c(CC(=O)NNC(=O)Cc3c[nH]c4ccccc34)coc2c1. The Balaban J connectivity index is 1.35. The summed E-state index contributed by atoms with van der Waals surface area (Å²) in [4.78, 5) is 27.5. The summed E-state index contributed by atoms with van der Waals surface area (Å²) in [7, 11) is 1.58. The molecule has 0 saturated heterocycles. The molecule has 7 heteroatoms. The van der Waals surface area contributed by atoms with Crippen molar-refractivity contribution in [3.05, 3.63) is 66.1 Å². The van der Waals surface area contributed by atoms with Crippen molar-refractivity contribution in [3.63, 3.8) is 0 Å². The fourth-order valence-corrected chi connectivity index (χ4v) is 3.18. The maximum absolute atomic E-state index is 12.2. The highest BCUT2D eigenvalue weighted by molar-refractivity contribution is 5.91. The van der Waals surface area contributed by atoms with Gasteiger partial charge in [-0.15, -0.1) is 0 Å². The van der Waals surface area contributed by atoms with Crippen LogP contribution in [0.4, 0.5) is 0 Å². The Kier molecular flexibility index (Phi) is 4.72. The van der Waals surface area contributed by atoms with E-state index in [2.05, 4.69) is 15.8 Å². The Morgan fingerprint density at radius 2 is 1.75 bits per heavy atom. The first-order valence-corrected chi connectivity index (χ1v) is 8.81. The van der Waals surface area contributed by atoms with E-state index in [0.29, 0.717) is 11.3 Å². The number of fused-ring (bicyclic) bond motifs is 2. The van der Waals surface area contributed by atoms with Crippen LogP contribution < -0.4 is 15.6 Å². The summed E-state index contributed by atoms with van der Waals surface area (Å²) in [5, 5.41) is 1.82. The Morgan fingerprint density at radius 1 is 1.00 bits per heavy atom. The van der Waals surface area contributed by atoms with Crippen LogP contribution in [0.25, 0.3) is 21.9 Å². The van der Waals surface area contributed by atoms with Crippen molar-refractivity contribution >= 4 is 33.7 Å². The van der Waals surface area contributed by atoms with Gasteiger partial charge in [-0.2, -0.15) is 0 Å².